The summed E-state index contributed by atoms with van der Waals surface area (Å²) < 4.78 is 5.63. The van der Waals surface area contributed by atoms with Crippen LogP contribution in [0.3, 0.4) is 0 Å². The monoisotopic (exact) mass is 288 g/mol. The molecule has 5 heteroatoms. The van der Waals surface area contributed by atoms with E-state index < -0.39 is 0 Å². The summed E-state index contributed by atoms with van der Waals surface area (Å²) >= 11 is 0. The molecule has 2 aromatic rings. The number of rotatable bonds is 5. The molecule has 0 radical (unpaired) electrons. The van der Waals surface area contributed by atoms with Crippen LogP contribution >= 0.6 is 0 Å². The third kappa shape index (κ3) is 3.97. The number of anilines is 2. The summed E-state index contributed by atoms with van der Waals surface area (Å²) in [5.41, 5.74) is 1.06. The van der Waals surface area contributed by atoms with Crippen molar-refractivity contribution in [3.63, 3.8) is 0 Å². The highest BCUT2D eigenvalue weighted by Crippen LogP contribution is 2.22. The summed E-state index contributed by atoms with van der Waals surface area (Å²) in [5.74, 6) is 0.647. The standard InChI is InChI=1S/C16H24N4O/c1-12(20(5)13-9-7-6-8-10-13)11-17-15-19-18-14(21-15)16(2,3)4/h6-10,12H,11H2,1-5H3,(H,17,19)/t12-/m1/s1. The largest absolute Gasteiger partial charge is 0.408 e. The van der Waals surface area contributed by atoms with E-state index in [1.165, 1.54) is 5.69 Å². The van der Waals surface area contributed by atoms with E-state index in [4.69, 9.17) is 4.42 Å². The fraction of sp³-hybridized carbons (Fsp3) is 0.500. The van der Waals surface area contributed by atoms with Crippen LogP contribution in [-0.4, -0.2) is 29.8 Å². The number of likely N-dealkylation sites (N-methyl/N-ethyl adjacent to an activating group) is 1. The van der Waals surface area contributed by atoms with Gasteiger partial charge in [0.1, 0.15) is 0 Å². The van der Waals surface area contributed by atoms with Crippen LogP contribution in [0.2, 0.25) is 0 Å². The predicted octanol–water partition coefficient (Wildman–Crippen LogP) is 3.30. The Hall–Kier alpha value is -2.04. The predicted molar refractivity (Wildman–Crippen MR) is 85.8 cm³/mol. The summed E-state index contributed by atoms with van der Waals surface area (Å²) in [5, 5.41) is 11.3. The van der Waals surface area contributed by atoms with Crippen molar-refractivity contribution in [2.45, 2.75) is 39.2 Å². The lowest BCUT2D eigenvalue weighted by molar-refractivity contribution is 0.399. The molecule has 1 N–H and O–H groups in total. The zero-order valence-corrected chi connectivity index (χ0v) is 13.4. The number of para-hydroxylation sites is 1. The molecule has 5 nitrogen and oxygen atoms in total. The van der Waals surface area contributed by atoms with Gasteiger partial charge in [0, 0.05) is 30.7 Å². The summed E-state index contributed by atoms with van der Waals surface area (Å²) in [6.07, 6.45) is 0. The van der Waals surface area contributed by atoms with E-state index in [1.54, 1.807) is 0 Å². The smallest absolute Gasteiger partial charge is 0.315 e. The second kappa shape index (κ2) is 6.16. The highest BCUT2D eigenvalue weighted by atomic mass is 16.4. The van der Waals surface area contributed by atoms with Gasteiger partial charge in [-0.05, 0) is 19.1 Å². The van der Waals surface area contributed by atoms with Gasteiger partial charge in [0.25, 0.3) is 0 Å². The topological polar surface area (TPSA) is 54.2 Å². The molecule has 2 rings (SSSR count). The summed E-state index contributed by atoms with van der Waals surface area (Å²) in [4.78, 5) is 2.22. The quantitative estimate of drug-likeness (QED) is 0.915. The van der Waals surface area contributed by atoms with Crippen molar-refractivity contribution in [3.8, 4) is 0 Å². The van der Waals surface area contributed by atoms with E-state index in [2.05, 4.69) is 67.3 Å². The first-order chi connectivity index (χ1) is 9.88. The molecule has 0 aliphatic rings. The SMILES string of the molecule is C[C@H](CNc1nnc(C(C)(C)C)o1)N(C)c1ccccc1. The lowest BCUT2D eigenvalue weighted by Gasteiger charge is -2.26. The second-order valence-electron chi connectivity index (χ2n) is 6.34. The minimum absolute atomic E-state index is 0.126. The van der Waals surface area contributed by atoms with Crippen LogP contribution in [-0.2, 0) is 5.41 Å². The van der Waals surface area contributed by atoms with Gasteiger partial charge in [0.15, 0.2) is 0 Å². The number of hydrogen-bond acceptors (Lipinski definition) is 5. The van der Waals surface area contributed by atoms with Gasteiger partial charge in [-0.3, -0.25) is 0 Å². The minimum atomic E-state index is -0.126. The molecule has 1 atom stereocenters. The van der Waals surface area contributed by atoms with Crippen LogP contribution in [0.1, 0.15) is 33.6 Å². The molecule has 0 bridgehead atoms. The summed E-state index contributed by atoms with van der Waals surface area (Å²) in [6, 6.07) is 11.1. The molecule has 0 aliphatic carbocycles. The first-order valence-electron chi connectivity index (χ1n) is 7.23. The van der Waals surface area contributed by atoms with Gasteiger partial charge >= 0.3 is 6.01 Å². The first kappa shape index (κ1) is 15.4. The van der Waals surface area contributed by atoms with Gasteiger partial charge in [0.2, 0.25) is 5.89 Å². The maximum Gasteiger partial charge on any atom is 0.315 e. The Kier molecular flexibility index (Phi) is 4.50. The lowest BCUT2D eigenvalue weighted by Crippen LogP contribution is -2.34. The van der Waals surface area contributed by atoms with Crippen molar-refractivity contribution >= 4 is 11.7 Å². The fourth-order valence-corrected chi connectivity index (χ4v) is 1.89. The van der Waals surface area contributed by atoms with Gasteiger partial charge in [-0.25, -0.2) is 0 Å². The van der Waals surface area contributed by atoms with Crippen LogP contribution in [0.15, 0.2) is 34.7 Å². The minimum Gasteiger partial charge on any atom is -0.408 e. The molecule has 0 unspecified atom stereocenters. The number of aromatic nitrogens is 2. The van der Waals surface area contributed by atoms with E-state index in [0.29, 0.717) is 17.9 Å². The van der Waals surface area contributed by atoms with Crippen molar-refractivity contribution in [3.05, 3.63) is 36.2 Å². The van der Waals surface area contributed by atoms with Crippen molar-refractivity contribution in [2.75, 3.05) is 23.8 Å². The molecule has 0 saturated carbocycles. The van der Waals surface area contributed by atoms with Crippen LogP contribution < -0.4 is 10.2 Å². The lowest BCUT2D eigenvalue weighted by atomic mass is 9.97. The number of nitrogens with zero attached hydrogens (tertiary/aromatic N) is 3. The normalized spacial score (nSPS) is 13.0. The molecule has 21 heavy (non-hydrogen) atoms. The molecule has 0 aliphatic heterocycles. The number of hydrogen-bond donors (Lipinski definition) is 1. The molecule has 1 heterocycles. The molecule has 0 amide bonds. The van der Waals surface area contributed by atoms with Crippen LogP contribution in [0.4, 0.5) is 11.7 Å². The molecule has 0 fully saturated rings. The third-order valence-electron chi connectivity index (χ3n) is 3.44. The van der Waals surface area contributed by atoms with Crippen molar-refractivity contribution < 1.29 is 4.42 Å². The average molecular weight is 288 g/mol. The van der Waals surface area contributed by atoms with E-state index in [-0.39, 0.29) is 5.41 Å². The van der Waals surface area contributed by atoms with E-state index >= 15 is 0 Å². The highest BCUT2D eigenvalue weighted by molar-refractivity contribution is 5.46. The highest BCUT2D eigenvalue weighted by Gasteiger charge is 2.21. The zero-order valence-electron chi connectivity index (χ0n) is 13.4. The van der Waals surface area contributed by atoms with Gasteiger partial charge in [-0.1, -0.05) is 44.1 Å². The maximum atomic E-state index is 5.63. The van der Waals surface area contributed by atoms with Crippen molar-refractivity contribution in [1.29, 1.82) is 0 Å². The molecular formula is C16H24N4O. The Morgan fingerprint density at radius 2 is 1.86 bits per heavy atom. The van der Waals surface area contributed by atoms with Gasteiger partial charge < -0.3 is 14.6 Å². The molecule has 1 aromatic carbocycles. The van der Waals surface area contributed by atoms with Gasteiger partial charge in [-0.2, -0.15) is 0 Å². The van der Waals surface area contributed by atoms with Gasteiger partial charge in [-0.15, -0.1) is 5.10 Å². The number of benzene rings is 1. The Morgan fingerprint density at radius 3 is 2.43 bits per heavy atom. The molecule has 1 aromatic heterocycles. The van der Waals surface area contributed by atoms with Crippen LogP contribution in [0.25, 0.3) is 0 Å². The second-order valence-corrected chi connectivity index (χ2v) is 6.34. The number of nitrogens with one attached hydrogen (secondary N) is 1. The first-order valence-corrected chi connectivity index (χ1v) is 7.23. The van der Waals surface area contributed by atoms with E-state index in [0.717, 1.165) is 6.54 Å². The summed E-state index contributed by atoms with van der Waals surface area (Å²) in [7, 11) is 2.08. The Labute approximate surface area is 126 Å². The van der Waals surface area contributed by atoms with Crippen molar-refractivity contribution in [2.24, 2.45) is 0 Å². The van der Waals surface area contributed by atoms with E-state index in [9.17, 15) is 0 Å². The average Bonchev–Trinajstić information content (AvgIpc) is 2.94. The molecule has 0 spiro atoms. The third-order valence-corrected chi connectivity index (χ3v) is 3.44. The van der Waals surface area contributed by atoms with Crippen LogP contribution in [0.5, 0.6) is 0 Å². The molecule has 0 saturated heterocycles. The van der Waals surface area contributed by atoms with E-state index in [1.807, 2.05) is 18.2 Å². The maximum absolute atomic E-state index is 5.63. The summed E-state index contributed by atoms with van der Waals surface area (Å²) in [6.45, 7) is 9.04. The molecule has 114 valence electrons. The molecular weight excluding hydrogens is 264 g/mol. The fourth-order valence-electron chi connectivity index (χ4n) is 1.89. The zero-order chi connectivity index (χ0) is 15.5. The van der Waals surface area contributed by atoms with Gasteiger partial charge in [0.05, 0.1) is 0 Å². The Morgan fingerprint density at radius 1 is 1.19 bits per heavy atom. The van der Waals surface area contributed by atoms with Crippen LogP contribution in [0, 0.1) is 0 Å². The van der Waals surface area contributed by atoms with Crippen molar-refractivity contribution in [1.82, 2.24) is 10.2 Å². The Bertz CT molecular complexity index is 559. The Balaban J connectivity index is 1.92.